The molecule has 0 aliphatic heterocycles. The van der Waals surface area contributed by atoms with Crippen molar-refractivity contribution in [3.8, 4) is 0 Å². The Morgan fingerprint density at radius 3 is 2.27 bits per heavy atom. The highest BCUT2D eigenvalue weighted by atomic mass is 32.1. The van der Waals surface area contributed by atoms with Crippen LogP contribution in [0.15, 0.2) is 30.3 Å². The first-order chi connectivity index (χ1) is 16.0. The lowest BCUT2D eigenvalue weighted by molar-refractivity contribution is 0.304. The van der Waals surface area contributed by atoms with Crippen molar-refractivity contribution in [2.45, 2.75) is 125 Å². The van der Waals surface area contributed by atoms with Crippen LogP contribution in [0, 0.1) is 17.8 Å². The average molecular weight is 469 g/mol. The van der Waals surface area contributed by atoms with Crippen molar-refractivity contribution in [1.82, 2.24) is 0 Å². The van der Waals surface area contributed by atoms with E-state index in [4.69, 9.17) is 0 Å². The fourth-order valence-corrected chi connectivity index (χ4v) is 5.81. The molecule has 0 spiro atoms. The molecule has 0 N–H and O–H groups in total. The summed E-state index contributed by atoms with van der Waals surface area (Å²) in [6, 6.07) is 9.66. The summed E-state index contributed by atoms with van der Waals surface area (Å²) >= 11 is 1.97. The van der Waals surface area contributed by atoms with E-state index in [1.807, 2.05) is 11.3 Å². The van der Waals surface area contributed by atoms with Crippen LogP contribution < -0.4 is 0 Å². The molecule has 1 fully saturated rings. The van der Waals surface area contributed by atoms with Gasteiger partial charge >= 0.3 is 0 Å². The third-order valence-electron chi connectivity index (χ3n) is 7.75. The number of allylic oxidation sites excluding steroid dienone is 1. The van der Waals surface area contributed by atoms with Crippen molar-refractivity contribution in [3.05, 3.63) is 40.8 Å². The molecule has 2 atom stereocenters. The molecule has 0 amide bonds. The predicted molar refractivity (Wildman–Crippen MR) is 154 cm³/mol. The summed E-state index contributed by atoms with van der Waals surface area (Å²) < 4.78 is 1.47. The van der Waals surface area contributed by atoms with Gasteiger partial charge in [0.1, 0.15) is 0 Å². The number of hydrogen-bond donors (Lipinski definition) is 0. The summed E-state index contributed by atoms with van der Waals surface area (Å²) in [7, 11) is 0. The first-order valence-electron chi connectivity index (χ1n) is 14.2. The van der Waals surface area contributed by atoms with Crippen LogP contribution in [0.1, 0.15) is 135 Å². The summed E-state index contributed by atoms with van der Waals surface area (Å²) in [6.07, 6.45) is 21.3. The number of hydrogen-bond acceptors (Lipinski definition) is 1. The minimum absolute atomic E-state index is 0.674. The Kier molecular flexibility index (Phi) is 13.4. The van der Waals surface area contributed by atoms with E-state index < -0.39 is 0 Å². The quantitative estimate of drug-likeness (QED) is 0.307. The van der Waals surface area contributed by atoms with Crippen molar-refractivity contribution in [1.29, 1.82) is 0 Å². The van der Waals surface area contributed by atoms with Crippen molar-refractivity contribution in [3.63, 3.8) is 0 Å². The van der Waals surface area contributed by atoms with Crippen LogP contribution in [0.4, 0.5) is 0 Å². The van der Waals surface area contributed by atoms with Crippen LogP contribution in [0.25, 0.3) is 16.2 Å². The number of thiophene rings is 1. The minimum Gasteiger partial charge on any atom is -0.136 e. The maximum Gasteiger partial charge on any atom is 0.0351 e. The lowest BCUT2D eigenvalue weighted by Crippen LogP contribution is -2.13. The second-order valence-electron chi connectivity index (χ2n) is 10.7. The van der Waals surface area contributed by atoms with E-state index in [2.05, 4.69) is 78.0 Å². The van der Waals surface area contributed by atoms with Gasteiger partial charge in [-0.1, -0.05) is 105 Å². The van der Waals surface area contributed by atoms with E-state index in [0.29, 0.717) is 5.92 Å². The Morgan fingerprint density at radius 2 is 1.64 bits per heavy atom. The zero-order valence-corrected chi connectivity index (χ0v) is 23.5. The molecule has 33 heavy (non-hydrogen) atoms. The van der Waals surface area contributed by atoms with Crippen molar-refractivity contribution in [2.75, 3.05) is 0 Å². The second kappa shape index (κ2) is 15.8. The van der Waals surface area contributed by atoms with Crippen molar-refractivity contribution in [2.24, 2.45) is 17.8 Å². The Labute approximate surface area is 210 Å². The number of unbranched alkanes of at least 4 members (excludes halogenated alkanes) is 2. The lowest BCUT2D eigenvalue weighted by atomic mass is 9.77. The molecule has 0 bridgehead atoms. The highest BCUT2D eigenvalue weighted by Crippen LogP contribution is 2.39. The van der Waals surface area contributed by atoms with Gasteiger partial charge in [-0.05, 0) is 84.9 Å². The van der Waals surface area contributed by atoms with Crippen molar-refractivity contribution >= 4 is 27.5 Å². The fraction of sp³-hybridized carbons (Fsp3) is 0.688. The standard InChI is InChI=1S/C28H42S.C4H10/c1-5-7-8-23-12-14-24(15-13-23)25-16-17-26-19-27(29-28(26)20-25)18-11-22(4)10-9-21(3)6-2;1-3-4-2/h11,16-24H,5-10,12-15H2,1-4H3;3-4H2,1-2H3/b18-11+;. The highest BCUT2D eigenvalue weighted by molar-refractivity contribution is 7.19. The molecule has 1 aliphatic carbocycles. The van der Waals surface area contributed by atoms with Crippen LogP contribution in [0.3, 0.4) is 0 Å². The molecule has 3 rings (SSSR count). The number of rotatable bonds is 11. The Hall–Kier alpha value is -1.08. The fourth-order valence-electron chi connectivity index (χ4n) is 4.79. The normalized spacial score (nSPS) is 20.5. The van der Waals surface area contributed by atoms with Gasteiger partial charge in [-0.2, -0.15) is 0 Å². The summed E-state index contributed by atoms with van der Waals surface area (Å²) in [5, 5.41) is 1.42. The smallest absolute Gasteiger partial charge is 0.0351 e. The van der Waals surface area contributed by atoms with Gasteiger partial charge in [0.2, 0.25) is 0 Å². The second-order valence-corrected chi connectivity index (χ2v) is 11.8. The van der Waals surface area contributed by atoms with Gasteiger partial charge in [0.05, 0.1) is 0 Å². The van der Waals surface area contributed by atoms with Crippen LogP contribution in [0.2, 0.25) is 0 Å². The van der Waals surface area contributed by atoms with Crippen LogP contribution in [0.5, 0.6) is 0 Å². The molecule has 186 valence electrons. The third kappa shape index (κ3) is 9.97. The van der Waals surface area contributed by atoms with Gasteiger partial charge in [0, 0.05) is 9.58 Å². The van der Waals surface area contributed by atoms with E-state index in [1.165, 1.54) is 92.0 Å². The van der Waals surface area contributed by atoms with Crippen LogP contribution in [-0.2, 0) is 0 Å². The molecule has 1 heterocycles. The molecular weight excluding hydrogens is 416 g/mol. The number of fused-ring (bicyclic) bond motifs is 1. The molecule has 0 nitrogen and oxygen atoms in total. The molecule has 2 unspecified atom stereocenters. The maximum absolute atomic E-state index is 2.50. The van der Waals surface area contributed by atoms with Gasteiger partial charge in [-0.3, -0.25) is 0 Å². The monoisotopic (exact) mass is 468 g/mol. The van der Waals surface area contributed by atoms with Gasteiger partial charge < -0.3 is 0 Å². The SMILES string of the molecule is CCCC.CCCCC1CCC(c2ccc3cc(/C=C/C(C)CCC(C)CC)sc3c2)CC1. The van der Waals surface area contributed by atoms with Gasteiger partial charge in [-0.15, -0.1) is 11.3 Å². The van der Waals surface area contributed by atoms with E-state index in [-0.39, 0.29) is 0 Å². The van der Waals surface area contributed by atoms with Gasteiger partial charge in [0.15, 0.2) is 0 Å². The Balaban J connectivity index is 0.000000890. The topological polar surface area (TPSA) is 0 Å². The zero-order valence-electron chi connectivity index (χ0n) is 22.7. The molecule has 1 aromatic carbocycles. The van der Waals surface area contributed by atoms with Gasteiger partial charge in [0.25, 0.3) is 0 Å². The van der Waals surface area contributed by atoms with E-state index in [1.54, 1.807) is 5.56 Å². The van der Waals surface area contributed by atoms with Gasteiger partial charge in [-0.25, -0.2) is 0 Å². The third-order valence-corrected chi connectivity index (χ3v) is 8.81. The van der Waals surface area contributed by atoms with E-state index in [9.17, 15) is 0 Å². The molecule has 1 aromatic heterocycles. The Morgan fingerprint density at radius 1 is 0.909 bits per heavy atom. The molecule has 2 aromatic rings. The molecular formula is C32H52S. The average Bonchev–Trinajstić information content (AvgIpc) is 3.27. The first kappa shape index (κ1) is 28.2. The molecule has 0 radical (unpaired) electrons. The predicted octanol–water partition coefficient (Wildman–Crippen LogP) is 11.6. The van der Waals surface area contributed by atoms with E-state index in [0.717, 1.165) is 17.8 Å². The highest BCUT2D eigenvalue weighted by Gasteiger charge is 2.22. The first-order valence-corrected chi connectivity index (χ1v) is 15.0. The summed E-state index contributed by atoms with van der Waals surface area (Å²) in [5.74, 6) is 3.32. The Bertz CT molecular complexity index is 788. The summed E-state index contributed by atoms with van der Waals surface area (Å²) in [5.41, 5.74) is 1.59. The van der Waals surface area contributed by atoms with Crippen LogP contribution >= 0.6 is 11.3 Å². The maximum atomic E-state index is 2.50. The molecule has 1 heteroatoms. The molecule has 1 saturated carbocycles. The lowest BCUT2D eigenvalue weighted by Gasteiger charge is -2.28. The van der Waals surface area contributed by atoms with Crippen molar-refractivity contribution < 1.29 is 0 Å². The minimum atomic E-state index is 0.674. The molecule has 1 aliphatic rings. The summed E-state index contributed by atoms with van der Waals surface area (Å²) in [4.78, 5) is 1.41. The van der Waals surface area contributed by atoms with Crippen LogP contribution in [-0.4, -0.2) is 0 Å². The largest absolute Gasteiger partial charge is 0.136 e. The van der Waals surface area contributed by atoms with E-state index >= 15 is 0 Å². The zero-order chi connectivity index (χ0) is 24.1. The number of benzene rings is 1. The molecule has 0 saturated heterocycles. The summed E-state index contributed by atoms with van der Waals surface area (Å²) in [6.45, 7) is 13.7.